The average molecular weight is 361 g/mol. The topological polar surface area (TPSA) is 64.6 Å². The van der Waals surface area contributed by atoms with Crippen molar-refractivity contribution in [3.8, 4) is 11.5 Å². The minimum Gasteiger partial charge on any atom is -0.493 e. The molecular weight excluding hydrogens is 338 g/mol. The van der Waals surface area contributed by atoms with Crippen molar-refractivity contribution in [2.24, 2.45) is 0 Å². The first kappa shape index (κ1) is 19.0. The SMILES string of the molecule is COc1ccc(CCNS(=O)(=O)/C=C/c2ccc(C)cc2)cc1OC. The molecule has 2 aromatic rings. The van der Waals surface area contributed by atoms with Crippen molar-refractivity contribution >= 4 is 16.1 Å². The Morgan fingerprint density at radius 1 is 1.00 bits per heavy atom. The number of sulfonamides is 1. The number of benzene rings is 2. The Hall–Kier alpha value is -2.31. The number of hydrogen-bond donors (Lipinski definition) is 1. The van der Waals surface area contributed by atoms with Crippen LogP contribution in [0.25, 0.3) is 6.08 Å². The molecule has 2 rings (SSSR count). The molecule has 0 radical (unpaired) electrons. The van der Waals surface area contributed by atoms with Crippen molar-refractivity contribution in [3.05, 3.63) is 64.6 Å². The molecular formula is C19H23NO4S. The van der Waals surface area contributed by atoms with Crippen LogP contribution in [0.2, 0.25) is 0 Å². The van der Waals surface area contributed by atoms with Gasteiger partial charge in [0.05, 0.1) is 14.2 Å². The molecule has 0 saturated heterocycles. The zero-order chi connectivity index (χ0) is 18.3. The van der Waals surface area contributed by atoms with Crippen molar-refractivity contribution < 1.29 is 17.9 Å². The molecule has 0 fully saturated rings. The van der Waals surface area contributed by atoms with E-state index in [1.807, 2.05) is 43.3 Å². The van der Waals surface area contributed by atoms with E-state index in [2.05, 4.69) is 4.72 Å². The smallest absolute Gasteiger partial charge is 0.233 e. The zero-order valence-corrected chi connectivity index (χ0v) is 15.5. The van der Waals surface area contributed by atoms with E-state index in [4.69, 9.17) is 9.47 Å². The summed E-state index contributed by atoms with van der Waals surface area (Å²) in [5, 5.41) is 1.19. The van der Waals surface area contributed by atoms with Crippen molar-refractivity contribution in [3.63, 3.8) is 0 Å². The van der Waals surface area contributed by atoms with Crippen LogP contribution in [-0.4, -0.2) is 29.2 Å². The summed E-state index contributed by atoms with van der Waals surface area (Å²) in [4.78, 5) is 0. The van der Waals surface area contributed by atoms with Crippen LogP contribution < -0.4 is 14.2 Å². The number of aryl methyl sites for hydroxylation is 1. The number of ether oxygens (including phenoxy) is 2. The van der Waals surface area contributed by atoms with Gasteiger partial charge < -0.3 is 9.47 Å². The van der Waals surface area contributed by atoms with E-state index in [1.54, 1.807) is 26.4 Å². The molecule has 0 saturated carbocycles. The van der Waals surface area contributed by atoms with Gasteiger partial charge in [0.25, 0.3) is 0 Å². The van der Waals surface area contributed by atoms with Crippen LogP contribution in [0.3, 0.4) is 0 Å². The quantitative estimate of drug-likeness (QED) is 0.784. The Bertz CT molecular complexity index is 827. The summed E-state index contributed by atoms with van der Waals surface area (Å²) in [5.41, 5.74) is 2.94. The van der Waals surface area contributed by atoms with Crippen LogP contribution in [0.1, 0.15) is 16.7 Å². The van der Waals surface area contributed by atoms with Gasteiger partial charge in [-0.3, -0.25) is 0 Å². The maximum atomic E-state index is 12.0. The second-order valence-corrected chi connectivity index (χ2v) is 7.24. The van der Waals surface area contributed by atoms with Gasteiger partial charge in [-0.1, -0.05) is 35.9 Å². The van der Waals surface area contributed by atoms with Gasteiger partial charge >= 0.3 is 0 Å². The number of rotatable bonds is 8. The van der Waals surface area contributed by atoms with E-state index in [1.165, 1.54) is 5.41 Å². The lowest BCUT2D eigenvalue weighted by Gasteiger charge is -2.09. The molecule has 0 aliphatic rings. The molecule has 0 aliphatic heterocycles. The number of methoxy groups -OCH3 is 2. The summed E-state index contributed by atoms with van der Waals surface area (Å²) in [6.45, 7) is 2.29. The van der Waals surface area contributed by atoms with Crippen LogP contribution >= 0.6 is 0 Å². The lowest BCUT2D eigenvalue weighted by Crippen LogP contribution is -2.23. The number of hydrogen-bond acceptors (Lipinski definition) is 4. The van der Waals surface area contributed by atoms with Crippen molar-refractivity contribution in [1.29, 1.82) is 0 Å². The fraction of sp³-hybridized carbons (Fsp3) is 0.263. The van der Waals surface area contributed by atoms with Gasteiger partial charge in [-0.25, -0.2) is 13.1 Å². The van der Waals surface area contributed by atoms with Crippen molar-refractivity contribution in [1.82, 2.24) is 4.72 Å². The Kier molecular flexibility index (Phi) is 6.61. The molecule has 0 amide bonds. The predicted molar refractivity (Wildman–Crippen MR) is 100 cm³/mol. The van der Waals surface area contributed by atoms with Gasteiger partial charge in [0, 0.05) is 12.0 Å². The molecule has 0 aliphatic carbocycles. The first-order valence-electron chi connectivity index (χ1n) is 7.89. The highest BCUT2D eigenvalue weighted by molar-refractivity contribution is 7.92. The molecule has 2 aromatic carbocycles. The van der Waals surface area contributed by atoms with Crippen LogP contribution in [-0.2, 0) is 16.4 Å². The summed E-state index contributed by atoms with van der Waals surface area (Å²) in [7, 11) is -0.330. The lowest BCUT2D eigenvalue weighted by molar-refractivity contribution is 0.354. The Morgan fingerprint density at radius 2 is 1.68 bits per heavy atom. The average Bonchev–Trinajstić information content (AvgIpc) is 2.61. The van der Waals surface area contributed by atoms with E-state index in [0.717, 1.165) is 16.7 Å². The molecule has 0 aromatic heterocycles. The van der Waals surface area contributed by atoms with Crippen LogP contribution in [0.5, 0.6) is 11.5 Å². The van der Waals surface area contributed by atoms with Crippen LogP contribution in [0.15, 0.2) is 47.9 Å². The molecule has 0 spiro atoms. The maximum Gasteiger partial charge on any atom is 0.233 e. The first-order chi connectivity index (χ1) is 11.9. The standard InChI is InChI=1S/C19H23NO4S/c1-15-4-6-16(7-5-15)11-13-25(21,22)20-12-10-17-8-9-18(23-2)19(14-17)24-3/h4-9,11,13-14,20H,10,12H2,1-3H3/b13-11+. The zero-order valence-electron chi connectivity index (χ0n) is 14.7. The largest absolute Gasteiger partial charge is 0.493 e. The van der Waals surface area contributed by atoms with Gasteiger partial charge in [-0.15, -0.1) is 0 Å². The van der Waals surface area contributed by atoms with Crippen LogP contribution in [0, 0.1) is 6.92 Å². The van der Waals surface area contributed by atoms with Crippen molar-refractivity contribution in [2.45, 2.75) is 13.3 Å². The third-order valence-corrected chi connectivity index (χ3v) is 4.78. The van der Waals surface area contributed by atoms with E-state index < -0.39 is 10.0 Å². The Morgan fingerprint density at radius 3 is 2.32 bits per heavy atom. The second kappa shape index (κ2) is 8.69. The molecule has 0 atom stereocenters. The highest BCUT2D eigenvalue weighted by Crippen LogP contribution is 2.27. The highest BCUT2D eigenvalue weighted by atomic mass is 32.2. The predicted octanol–water partition coefficient (Wildman–Crippen LogP) is 3.15. The molecule has 134 valence electrons. The number of nitrogens with one attached hydrogen (secondary N) is 1. The van der Waals surface area contributed by atoms with Gasteiger partial charge in [-0.2, -0.15) is 0 Å². The van der Waals surface area contributed by atoms with Gasteiger partial charge in [0.15, 0.2) is 11.5 Å². The van der Waals surface area contributed by atoms with E-state index in [9.17, 15) is 8.42 Å². The normalized spacial score (nSPS) is 11.6. The molecule has 6 heteroatoms. The summed E-state index contributed by atoms with van der Waals surface area (Å²) in [6.07, 6.45) is 2.14. The molecule has 1 N–H and O–H groups in total. The van der Waals surface area contributed by atoms with Crippen LogP contribution in [0.4, 0.5) is 0 Å². The maximum absolute atomic E-state index is 12.0. The molecule has 0 bridgehead atoms. The molecule has 0 heterocycles. The van der Waals surface area contributed by atoms with Crippen molar-refractivity contribution in [2.75, 3.05) is 20.8 Å². The summed E-state index contributed by atoms with van der Waals surface area (Å²) in [5.74, 6) is 1.27. The van der Waals surface area contributed by atoms with E-state index in [0.29, 0.717) is 24.5 Å². The monoisotopic (exact) mass is 361 g/mol. The highest BCUT2D eigenvalue weighted by Gasteiger charge is 2.07. The second-order valence-electron chi connectivity index (χ2n) is 5.59. The molecule has 0 unspecified atom stereocenters. The summed E-state index contributed by atoms with van der Waals surface area (Å²) in [6, 6.07) is 13.2. The fourth-order valence-corrected chi connectivity index (χ4v) is 3.09. The summed E-state index contributed by atoms with van der Waals surface area (Å²) < 4.78 is 37.1. The fourth-order valence-electron chi connectivity index (χ4n) is 2.27. The molecule has 5 nitrogen and oxygen atoms in total. The molecule has 25 heavy (non-hydrogen) atoms. The minimum atomic E-state index is -3.48. The lowest BCUT2D eigenvalue weighted by atomic mass is 10.1. The van der Waals surface area contributed by atoms with Gasteiger partial charge in [-0.05, 0) is 42.7 Å². The van der Waals surface area contributed by atoms with Gasteiger partial charge in [0.1, 0.15) is 0 Å². The minimum absolute atomic E-state index is 0.302. The van der Waals surface area contributed by atoms with E-state index >= 15 is 0 Å². The first-order valence-corrected chi connectivity index (χ1v) is 9.43. The summed E-state index contributed by atoms with van der Waals surface area (Å²) >= 11 is 0. The Labute approximate surface area is 149 Å². The Balaban J connectivity index is 1.92. The third-order valence-electron chi connectivity index (χ3n) is 3.68. The third kappa shape index (κ3) is 5.92. The van der Waals surface area contributed by atoms with E-state index in [-0.39, 0.29) is 0 Å². The van der Waals surface area contributed by atoms with Gasteiger partial charge in [0.2, 0.25) is 10.0 Å².